The number of rotatable bonds is 14. The quantitative estimate of drug-likeness (QED) is 0.225. The highest BCUT2D eigenvalue weighted by Gasteiger charge is 2.32. The summed E-state index contributed by atoms with van der Waals surface area (Å²) in [6, 6.07) is 34.2. The summed E-state index contributed by atoms with van der Waals surface area (Å²) in [4.78, 5) is 28.9. The van der Waals surface area contributed by atoms with Crippen LogP contribution in [-0.4, -0.2) is 50.5 Å². The Morgan fingerprint density at radius 1 is 0.767 bits per heavy atom. The van der Waals surface area contributed by atoms with E-state index >= 15 is 0 Å². The van der Waals surface area contributed by atoms with Crippen LogP contribution < -0.4 is 14.4 Å². The lowest BCUT2D eigenvalue weighted by Crippen LogP contribution is -2.53. The molecular weight excluding hydrogens is 562 g/mol. The number of carbonyl (C=O) groups is 2. The molecule has 0 aliphatic carbocycles. The molecule has 0 aliphatic rings. The van der Waals surface area contributed by atoms with Gasteiger partial charge in [0.2, 0.25) is 21.8 Å². The van der Waals surface area contributed by atoms with Crippen molar-refractivity contribution in [3.63, 3.8) is 0 Å². The molecular formula is C34H37N3O5S. The van der Waals surface area contributed by atoms with Gasteiger partial charge >= 0.3 is 0 Å². The summed E-state index contributed by atoms with van der Waals surface area (Å²) in [5.41, 5.74) is 3.03. The molecule has 1 N–H and O–H groups in total. The van der Waals surface area contributed by atoms with Crippen LogP contribution in [-0.2, 0) is 39.2 Å². The Morgan fingerprint density at radius 2 is 1.30 bits per heavy atom. The fraction of sp³-hybridized carbons (Fsp3) is 0.235. The fourth-order valence-corrected chi connectivity index (χ4v) is 5.54. The predicted molar refractivity (Wildman–Crippen MR) is 169 cm³/mol. The van der Waals surface area contributed by atoms with E-state index < -0.39 is 28.5 Å². The number of ether oxygens (including phenoxy) is 1. The maximum absolute atomic E-state index is 14.1. The molecule has 0 saturated carbocycles. The van der Waals surface area contributed by atoms with Crippen LogP contribution in [0.1, 0.15) is 23.6 Å². The number of amides is 2. The zero-order valence-corrected chi connectivity index (χ0v) is 25.2. The molecule has 4 rings (SSSR count). The van der Waals surface area contributed by atoms with Crippen molar-refractivity contribution in [1.82, 2.24) is 10.2 Å². The van der Waals surface area contributed by atoms with Crippen LogP contribution in [0.4, 0.5) is 5.69 Å². The summed E-state index contributed by atoms with van der Waals surface area (Å²) in [5.74, 6) is -0.232. The molecule has 0 spiro atoms. The van der Waals surface area contributed by atoms with Gasteiger partial charge in [-0.15, -0.1) is 0 Å². The maximum atomic E-state index is 14.1. The molecule has 0 saturated heterocycles. The van der Waals surface area contributed by atoms with E-state index in [9.17, 15) is 18.0 Å². The van der Waals surface area contributed by atoms with Gasteiger partial charge in [-0.1, -0.05) is 91.0 Å². The van der Waals surface area contributed by atoms with E-state index in [0.717, 1.165) is 27.3 Å². The summed E-state index contributed by atoms with van der Waals surface area (Å²) in [5, 5.41) is 2.85. The van der Waals surface area contributed by atoms with Crippen molar-refractivity contribution in [3.8, 4) is 5.75 Å². The number of sulfonamides is 1. The lowest BCUT2D eigenvalue weighted by atomic mass is 10.0. The number of nitrogens with one attached hydrogen (secondary N) is 1. The Balaban J connectivity index is 1.61. The minimum atomic E-state index is -3.86. The van der Waals surface area contributed by atoms with E-state index in [1.54, 1.807) is 24.3 Å². The molecule has 9 heteroatoms. The van der Waals surface area contributed by atoms with Gasteiger partial charge in [-0.2, -0.15) is 0 Å². The molecule has 0 fully saturated rings. The highest BCUT2D eigenvalue weighted by atomic mass is 32.2. The molecule has 224 valence electrons. The van der Waals surface area contributed by atoms with Gasteiger partial charge in [0.1, 0.15) is 24.9 Å². The zero-order valence-electron chi connectivity index (χ0n) is 24.4. The van der Waals surface area contributed by atoms with Gasteiger partial charge in [-0.05, 0) is 47.9 Å². The first-order chi connectivity index (χ1) is 20.7. The van der Waals surface area contributed by atoms with Gasteiger partial charge in [0.25, 0.3) is 0 Å². The minimum absolute atomic E-state index is 0.137. The van der Waals surface area contributed by atoms with Crippen molar-refractivity contribution in [2.75, 3.05) is 23.7 Å². The largest absolute Gasteiger partial charge is 0.489 e. The van der Waals surface area contributed by atoms with E-state index in [-0.39, 0.29) is 18.9 Å². The van der Waals surface area contributed by atoms with Crippen molar-refractivity contribution < 1.29 is 22.7 Å². The Kier molecular flexibility index (Phi) is 10.9. The monoisotopic (exact) mass is 599 g/mol. The number of anilines is 1. The summed E-state index contributed by atoms with van der Waals surface area (Å²) in [7, 11) is -3.86. The summed E-state index contributed by atoms with van der Waals surface area (Å²) < 4.78 is 32.9. The predicted octanol–water partition coefficient (Wildman–Crippen LogP) is 4.81. The van der Waals surface area contributed by atoms with E-state index in [4.69, 9.17) is 4.74 Å². The second-order valence-corrected chi connectivity index (χ2v) is 12.1. The van der Waals surface area contributed by atoms with Crippen LogP contribution >= 0.6 is 0 Å². The molecule has 0 radical (unpaired) electrons. The minimum Gasteiger partial charge on any atom is -0.489 e. The van der Waals surface area contributed by atoms with Crippen LogP contribution in [0, 0.1) is 0 Å². The molecule has 1 unspecified atom stereocenters. The van der Waals surface area contributed by atoms with Gasteiger partial charge in [-0.25, -0.2) is 8.42 Å². The lowest BCUT2D eigenvalue weighted by molar-refractivity contribution is -0.140. The molecule has 1 atom stereocenters. The second kappa shape index (κ2) is 15.0. The molecule has 0 bridgehead atoms. The van der Waals surface area contributed by atoms with E-state index in [1.165, 1.54) is 4.90 Å². The average Bonchev–Trinajstić information content (AvgIpc) is 3.02. The first kappa shape index (κ1) is 31.3. The third-order valence-electron chi connectivity index (χ3n) is 6.87. The third kappa shape index (κ3) is 9.18. The number of nitrogens with zero attached hydrogens (tertiary/aromatic N) is 2. The van der Waals surface area contributed by atoms with Gasteiger partial charge in [0, 0.05) is 19.5 Å². The zero-order chi connectivity index (χ0) is 30.7. The Bertz CT molecular complexity index is 1570. The Hall–Kier alpha value is -4.63. The van der Waals surface area contributed by atoms with E-state index in [2.05, 4.69) is 5.32 Å². The molecule has 0 heterocycles. The third-order valence-corrected chi connectivity index (χ3v) is 8.01. The van der Waals surface area contributed by atoms with Gasteiger partial charge in [0.15, 0.2) is 0 Å². The fourth-order valence-electron chi connectivity index (χ4n) is 4.69. The maximum Gasteiger partial charge on any atom is 0.244 e. The van der Waals surface area contributed by atoms with Crippen LogP contribution in [0.3, 0.4) is 0 Å². The van der Waals surface area contributed by atoms with Crippen molar-refractivity contribution in [2.24, 2.45) is 0 Å². The van der Waals surface area contributed by atoms with Crippen LogP contribution in [0.5, 0.6) is 5.75 Å². The molecule has 0 aromatic heterocycles. The molecule has 8 nitrogen and oxygen atoms in total. The normalized spacial score (nSPS) is 11.8. The Labute approximate surface area is 254 Å². The molecule has 43 heavy (non-hydrogen) atoms. The van der Waals surface area contributed by atoms with E-state index in [0.29, 0.717) is 24.6 Å². The number of likely N-dealkylation sites (N-methyl/N-ethyl adjacent to an activating group) is 1. The number of hydrogen-bond donors (Lipinski definition) is 1. The molecule has 2 amide bonds. The van der Waals surface area contributed by atoms with Gasteiger partial charge < -0.3 is 15.0 Å². The topological polar surface area (TPSA) is 96.0 Å². The number of carbonyl (C=O) groups excluding carboxylic acids is 2. The highest BCUT2D eigenvalue weighted by Crippen LogP contribution is 2.24. The van der Waals surface area contributed by atoms with Gasteiger partial charge in [-0.3, -0.25) is 13.9 Å². The summed E-state index contributed by atoms with van der Waals surface area (Å²) >= 11 is 0. The first-order valence-electron chi connectivity index (χ1n) is 14.1. The molecule has 4 aromatic carbocycles. The Morgan fingerprint density at radius 3 is 1.84 bits per heavy atom. The van der Waals surface area contributed by atoms with E-state index in [1.807, 2.05) is 97.9 Å². The first-order valence-corrected chi connectivity index (χ1v) is 16.0. The number of benzene rings is 4. The number of hydrogen-bond acceptors (Lipinski definition) is 5. The van der Waals surface area contributed by atoms with Crippen molar-refractivity contribution >= 4 is 27.5 Å². The van der Waals surface area contributed by atoms with Crippen LogP contribution in [0.25, 0.3) is 0 Å². The van der Waals surface area contributed by atoms with Crippen LogP contribution in [0.15, 0.2) is 115 Å². The van der Waals surface area contributed by atoms with Gasteiger partial charge in [0.05, 0.1) is 11.9 Å². The highest BCUT2D eigenvalue weighted by molar-refractivity contribution is 7.92. The van der Waals surface area contributed by atoms with Crippen LogP contribution in [0.2, 0.25) is 0 Å². The lowest BCUT2D eigenvalue weighted by Gasteiger charge is -2.33. The van der Waals surface area contributed by atoms with Crippen molar-refractivity contribution in [1.29, 1.82) is 0 Å². The summed E-state index contributed by atoms with van der Waals surface area (Å²) in [6.07, 6.45) is 1.34. The molecule has 4 aromatic rings. The standard InChI is InChI=1S/C34H37N3O5S/c1-3-35-34(39)32(23-27-13-7-4-8-14-27)36(24-28-15-9-5-10-16-28)33(38)25-37(43(2,40)41)30-19-21-31(22-20-30)42-26-29-17-11-6-12-18-29/h4-22,32H,3,23-26H2,1-2H3,(H,35,39). The van der Waals surface area contributed by atoms with Crippen molar-refractivity contribution in [3.05, 3.63) is 132 Å². The average molecular weight is 600 g/mol. The smallest absolute Gasteiger partial charge is 0.244 e. The SMILES string of the molecule is CCNC(=O)C(Cc1ccccc1)N(Cc1ccccc1)C(=O)CN(c1ccc(OCc2ccccc2)cc1)S(C)(=O)=O. The second-order valence-electron chi connectivity index (χ2n) is 10.1. The summed E-state index contributed by atoms with van der Waals surface area (Å²) in [6.45, 7) is 2.25. The molecule has 0 aliphatic heterocycles. The van der Waals surface area contributed by atoms with Crippen molar-refractivity contribution in [2.45, 2.75) is 32.5 Å².